The van der Waals surface area contributed by atoms with E-state index in [1.807, 2.05) is 19.1 Å². The molecule has 2 aromatic rings. The van der Waals surface area contributed by atoms with Crippen LogP contribution >= 0.6 is 0 Å². The average Bonchev–Trinajstić information content (AvgIpc) is 2.79. The number of ether oxygens (including phenoxy) is 1. The quantitative estimate of drug-likeness (QED) is 0.442. The first kappa shape index (κ1) is 24.2. The zero-order valence-corrected chi connectivity index (χ0v) is 20.8. The molecule has 0 saturated heterocycles. The van der Waals surface area contributed by atoms with Crippen molar-refractivity contribution in [3.8, 4) is 6.07 Å². The Bertz CT molecular complexity index is 883. The number of nitriles is 1. The first-order valence-corrected chi connectivity index (χ1v) is 13.5. The molecule has 0 spiro atoms. The maximum absolute atomic E-state index is 12.7. The molecule has 1 saturated carbocycles. The molecule has 3 rings (SSSR count). The van der Waals surface area contributed by atoms with E-state index in [4.69, 9.17) is 9.16 Å². The third-order valence-electron chi connectivity index (χ3n) is 6.78. The maximum Gasteiger partial charge on any atom is 0.313 e. The van der Waals surface area contributed by atoms with Crippen molar-refractivity contribution in [3.05, 3.63) is 60.7 Å². The van der Waals surface area contributed by atoms with Gasteiger partial charge in [0.1, 0.15) is 0 Å². The molecule has 0 unspecified atom stereocenters. The van der Waals surface area contributed by atoms with Crippen LogP contribution in [0.15, 0.2) is 60.7 Å². The lowest BCUT2D eigenvalue weighted by Gasteiger charge is -2.47. The highest BCUT2D eigenvalue weighted by Gasteiger charge is 2.53. The van der Waals surface area contributed by atoms with Crippen LogP contribution < -0.4 is 10.4 Å². The van der Waals surface area contributed by atoms with Crippen LogP contribution in [0.1, 0.15) is 59.8 Å². The first-order valence-electron chi connectivity index (χ1n) is 11.6. The summed E-state index contributed by atoms with van der Waals surface area (Å²) in [7, 11) is -2.63. The fourth-order valence-electron chi connectivity index (χ4n) is 5.09. The summed E-state index contributed by atoms with van der Waals surface area (Å²) in [6.07, 6.45) is 3.01. The zero-order chi connectivity index (χ0) is 23.2. The Hall–Kier alpha value is -2.42. The molecule has 1 fully saturated rings. The molecule has 32 heavy (non-hydrogen) atoms. The second kappa shape index (κ2) is 10.0. The summed E-state index contributed by atoms with van der Waals surface area (Å²) >= 11 is 0. The number of rotatable bonds is 7. The third kappa shape index (κ3) is 4.67. The van der Waals surface area contributed by atoms with Gasteiger partial charge in [-0.1, -0.05) is 81.4 Å². The van der Waals surface area contributed by atoms with Gasteiger partial charge in [-0.15, -0.1) is 0 Å². The second-order valence-corrected chi connectivity index (χ2v) is 14.1. The van der Waals surface area contributed by atoms with E-state index in [9.17, 15) is 10.1 Å². The normalized spacial score (nSPS) is 21.5. The van der Waals surface area contributed by atoms with Crippen molar-refractivity contribution in [1.29, 1.82) is 5.26 Å². The van der Waals surface area contributed by atoms with E-state index < -0.39 is 13.7 Å². The molecule has 0 N–H and O–H groups in total. The van der Waals surface area contributed by atoms with Crippen molar-refractivity contribution >= 4 is 24.7 Å². The summed E-state index contributed by atoms with van der Waals surface area (Å²) in [6, 6.07) is 23.5. The molecule has 4 nitrogen and oxygen atoms in total. The minimum Gasteiger partial charge on any atom is -0.466 e. The van der Waals surface area contributed by atoms with Crippen LogP contribution in [0.25, 0.3) is 0 Å². The standard InChI is InChI=1S/C27H35NO3Si/c1-5-30-25(29)27(20-21-28)18-16-22(17-19-27)31-32(26(2,3)4,23-12-8-6-9-13-23)24-14-10-7-11-15-24/h6-15,22H,5,16-20H2,1-4H3. The van der Waals surface area contributed by atoms with E-state index >= 15 is 0 Å². The molecule has 0 heterocycles. The molecule has 170 valence electrons. The highest BCUT2D eigenvalue weighted by atomic mass is 28.4. The van der Waals surface area contributed by atoms with Gasteiger partial charge in [-0.05, 0) is 48.0 Å². The molecular formula is C27H35NO3Si. The zero-order valence-electron chi connectivity index (χ0n) is 19.8. The van der Waals surface area contributed by atoms with E-state index in [2.05, 4.69) is 75.4 Å². The van der Waals surface area contributed by atoms with E-state index in [1.165, 1.54) is 10.4 Å². The Morgan fingerprint density at radius 1 is 1.03 bits per heavy atom. The van der Waals surface area contributed by atoms with Crippen LogP contribution in [-0.2, 0) is 14.0 Å². The smallest absolute Gasteiger partial charge is 0.313 e. The summed E-state index contributed by atoms with van der Waals surface area (Å²) in [5.74, 6) is -0.231. The number of hydrogen-bond donors (Lipinski definition) is 0. The Kier molecular flexibility index (Phi) is 7.58. The number of nitrogens with zero attached hydrogens (tertiary/aromatic N) is 1. The SMILES string of the molecule is CCOC(=O)C1(CC#N)CCC(O[Si](c2ccccc2)(c2ccccc2)C(C)(C)C)CC1. The highest BCUT2D eigenvalue weighted by Crippen LogP contribution is 2.44. The van der Waals surface area contributed by atoms with Gasteiger partial charge in [0.2, 0.25) is 0 Å². The van der Waals surface area contributed by atoms with Crippen molar-refractivity contribution in [2.45, 2.75) is 70.9 Å². The average molecular weight is 450 g/mol. The van der Waals surface area contributed by atoms with Crippen LogP contribution in [0.5, 0.6) is 0 Å². The summed E-state index contributed by atoms with van der Waals surface area (Å²) in [5, 5.41) is 11.8. The monoisotopic (exact) mass is 449 g/mol. The van der Waals surface area contributed by atoms with Gasteiger partial charge in [-0.3, -0.25) is 4.79 Å². The van der Waals surface area contributed by atoms with Gasteiger partial charge in [-0.25, -0.2) is 0 Å². The molecule has 2 aromatic carbocycles. The molecule has 1 aliphatic carbocycles. The Balaban J connectivity index is 1.96. The van der Waals surface area contributed by atoms with Gasteiger partial charge < -0.3 is 9.16 Å². The van der Waals surface area contributed by atoms with Crippen LogP contribution in [0, 0.1) is 16.7 Å². The lowest BCUT2D eigenvalue weighted by atomic mass is 9.71. The van der Waals surface area contributed by atoms with Crippen molar-refractivity contribution in [2.24, 2.45) is 5.41 Å². The van der Waals surface area contributed by atoms with Crippen LogP contribution in [0.2, 0.25) is 5.04 Å². The minimum absolute atomic E-state index is 0.0440. The number of benzene rings is 2. The van der Waals surface area contributed by atoms with E-state index in [-0.39, 0.29) is 23.5 Å². The van der Waals surface area contributed by atoms with Gasteiger partial charge in [-0.2, -0.15) is 5.26 Å². The molecule has 0 amide bonds. The van der Waals surface area contributed by atoms with Crippen LogP contribution in [0.3, 0.4) is 0 Å². The van der Waals surface area contributed by atoms with Gasteiger partial charge >= 0.3 is 5.97 Å². The fraction of sp³-hybridized carbons (Fsp3) is 0.481. The van der Waals surface area contributed by atoms with Gasteiger partial charge in [0.25, 0.3) is 8.32 Å². The lowest BCUT2D eigenvalue weighted by molar-refractivity contribution is -0.158. The largest absolute Gasteiger partial charge is 0.466 e. The van der Waals surface area contributed by atoms with Gasteiger partial charge in [0.05, 0.1) is 24.5 Å². The van der Waals surface area contributed by atoms with Crippen LogP contribution in [0.4, 0.5) is 0 Å². The van der Waals surface area contributed by atoms with Gasteiger partial charge in [0.15, 0.2) is 0 Å². The Labute approximate surface area is 193 Å². The third-order valence-corrected chi connectivity index (χ3v) is 11.9. The number of hydrogen-bond acceptors (Lipinski definition) is 4. The molecule has 5 heteroatoms. The predicted molar refractivity (Wildman–Crippen MR) is 130 cm³/mol. The van der Waals surface area contributed by atoms with E-state index in [0.717, 1.165) is 12.8 Å². The van der Waals surface area contributed by atoms with Crippen molar-refractivity contribution < 1.29 is 14.0 Å². The molecule has 0 radical (unpaired) electrons. The van der Waals surface area contributed by atoms with Gasteiger partial charge in [0, 0.05) is 6.10 Å². The molecule has 0 bridgehead atoms. The van der Waals surface area contributed by atoms with Crippen LogP contribution in [-0.4, -0.2) is 27.0 Å². The summed E-state index contributed by atoms with van der Waals surface area (Å²) < 4.78 is 12.6. The summed E-state index contributed by atoms with van der Waals surface area (Å²) in [4.78, 5) is 12.7. The minimum atomic E-state index is -2.63. The summed E-state index contributed by atoms with van der Waals surface area (Å²) in [6.45, 7) is 8.99. The van der Waals surface area contributed by atoms with E-state index in [1.54, 1.807) is 0 Å². The van der Waals surface area contributed by atoms with Crippen molar-refractivity contribution in [2.75, 3.05) is 6.61 Å². The highest BCUT2D eigenvalue weighted by molar-refractivity contribution is 6.99. The first-order chi connectivity index (χ1) is 15.3. The number of esters is 1. The van der Waals surface area contributed by atoms with E-state index in [0.29, 0.717) is 19.4 Å². The fourth-order valence-corrected chi connectivity index (χ4v) is 9.84. The maximum atomic E-state index is 12.7. The number of carbonyl (C=O) groups excluding carboxylic acids is 1. The van der Waals surface area contributed by atoms with Crippen molar-refractivity contribution in [1.82, 2.24) is 0 Å². The molecule has 0 atom stereocenters. The summed E-state index contributed by atoms with van der Waals surface area (Å²) in [5.41, 5.74) is -0.698. The Morgan fingerprint density at radius 3 is 1.94 bits per heavy atom. The Morgan fingerprint density at radius 2 is 1.53 bits per heavy atom. The molecule has 0 aliphatic heterocycles. The second-order valence-electron chi connectivity index (χ2n) is 9.82. The topological polar surface area (TPSA) is 59.3 Å². The molecular weight excluding hydrogens is 414 g/mol. The molecule has 0 aromatic heterocycles. The molecule has 1 aliphatic rings. The predicted octanol–water partition coefficient (Wildman–Crippen LogP) is 4.97. The number of carbonyl (C=O) groups is 1. The van der Waals surface area contributed by atoms with Crippen molar-refractivity contribution in [3.63, 3.8) is 0 Å². The lowest BCUT2D eigenvalue weighted by Crippen LogP contribution is -2.68.